The molecule has 1 atom stereocenters. The van der Waals surface area contributed by atoms with Crippen LogP contribution in [0.1, 0.15) is 17.2 Å². The molecule has 3 aromatic carbocycles. The number of hydrogen-bond acceptors (Lipinski definition) is 8. The Morgan fingerprint density at radius 3 is 2.21 bits per heavy atom. The molecule has 0 spiro atoms. The maximum absolute atomic E-state index is 13.6. The van der Waals surface area contributed by atoms with Gasteiger partial charge in [0.2, 0.25) is 5.95 Å². The minimum Gasteiger partial charge on any atom is -0.506 e. The van der Waals surface area contributed by atoms with E-state index >= 15 is 0 Å². The predicted octanol–water partition coefficient (Wildman–Crippen LogP) is 4.28. The lowest BCUT2D eigenvalue weighted by atomic mass is 9.94. The molecule has 1 fully saturated rings. The third-order valence-corrected chi connectivity index (χ3v) is 6.74. The smallest absolute Gasteiger partial charge is 0.302 e. The van der Waals surface area contributed by atoms with Gasteiger partial charge in [-0.2, -0.15) is 0 Å². The number of carbonyl (C=O) groups excluding carboxylic acids is 2. The van der Waals surface area contributed by atoms with E-state index in [4.69, 9.17) is 14.2 Å². The van der Waals surface area contributed by atoms with Crippen molar-refractivity contribution in [3.63, 3.8) is 0 Å². The largest absolute Gasteiger partial charge is 0.506 e. The van der Waals surface area contributed by atoms with Gasteiger partial charge in [-0.1, -0.05) is 18.2 Å². The van der Waals surface area contributed by atoms with Crippen LogP contribution in [0.5, 0.6) is 17.2 Å². The van der Waals surface area contributed by atoms with Gasteiger partial charge < -0.3 is 29.2 Å². The molecule has 0 aliphatic carbocycles. The van der Waals surface area contributed by atoms with Crippen molar-refractivity contribution in [1.82, 2.24) is 9.97 Å². The van der Waals surface area contributed by atoms with Gasteiger partial charge in [-0.25, -0.2) is 4.98 Å². The van der Waals surface area contributed by atoms with E-state index in [0.717, 1.165) is 5.69 Å². The summed E-state index contributed by atoms with van der Waals surface area (Å²) >= 11 is 0. The van der Waals surface area contributed by atoms with E-state index < -0.39 is 23.5 Å². The number of hydrogen-bond donors (Lipinski definition) is 2. The van der Waals surface area contributed by atoms with Crippen molar-refractivity contribution in [2.75, 3.05) is 45.2 Å². The van der Waals surface area contributed by atoms with Crippen LogP contribution in [0.15, 0.2) is 66.2 Å². The number of aliphatic hydroxyl groups excluding tert-OH is 1. The molecule has 2 N–H and O–H groups in total. The molecule has 10 nitrogen and oxygen atoms in total. The third kappa shape index (κ3) is 4.29. The fraction of sp³-hybridized carbons (Fsp3) is 0.207. The highest BCUT2D eigenvalue weighted by molar-refractivity contribution is 6.51. The van der Waals surface area contributed by atoms with E-state index in [9.17, 15) is 14.7 Å². The number of aromatic amines is 1. The van der Waals surface area contributed by atoms with Crippen molar-refractivity contribution in [1.29, 1.82) is 0 Å². The molecule has 1 aromatic heterocycles. The van der Waals surface area contributed by atoms with Crippen LogP contribution in [0.2, 0.25) is 0 Å². The summed E-state index contributed by atoms with van der Waals surface area (Å²) in [6.45, 7) is 0. The van der Waals surface area contributed by atoms with E-state index in [2.05, 4.69) is 9.97 Å². The molecule has 2 heterocycles. The standard InChI is InChI=1S/C29H28N4O6/c1-32(2)17-11-9-16(10-12-17)25-24(26(34)23-21(38-4)7-6-8-22(23)39-5)27(35)28(36)33(25)29-30-19-14-13-18(37-3)15-20(19)31-29/h6-15,25,34H,1-5H3,(H,30,31)/b26-24+. The summed E-state index contributed by atoms with van der Waals surface area (Å²) in [4.78, 5) is 38.1. The van der Waals surface area contributed by atoms with Crippen LogP contribution in [0, 0.1) is 0 Å². The number of aromatic nitrogens is 2. The zero-order chi connectivity index (χ0) is 27.8. The third-order valence-electron chi connectivity index (χ3n) is 6.74. The Bertz CT molecular complexity index is 1580. The van der Waals surface area contributed by atoms with Gasteiger partial charge in [-0.15, -0.1) is 0 Å². The van der Waals surface area contributed by atoms with Crippen molar-refractivity contribution in [2.24, 2.45) is 0 Å². The summed E-state index contributed by atoms with van der Waals surface area (Å²) in [5.41, 5.74) is 2.80. The minimum absolute atomic E-state index is 0.113. The first-order chi connectivity index (χ1) is 18.8. The van der Waals surface area contributed by atoms with Gasteiger partial charge in [0, 0.05) is 25.8 Å². The summed E-state index contributed by atoms with van der Waals surface area (Å²) in [7, 11) is 8.28. The lowest BCUT2D eigenvalue weighted by molar-refractivity contribution is -0.132. The molecule has 1 aliphatic rings. The molecule has 0 radical (unpaired) electrons. The highest BCUT2D eigenvalue weighted by Crippen LogP contribution is 2.45. The Kier molecular flexibility index (Phi) is 6.61. The molecule has 200 valence electrons. The number of methoxy groups -OCH3 is 3. The summed E-state index contributed by atoms with van der Waals surface area (Å²) < 4.78 is 16.2. The monoisotopic (exact) mass is 528 g/mol. The number of imidazole rings is 1. The molecule has 5 rings (SSSR count). The molecule has 0 bridgehead atoms. The van der Waals surface area contributed by atoms with Gasteiger partial charge >= 0.3 is 5.91 Å². The predicted molar refractivity (Wildman–Crippen MR) is 148 cm³/mol. The van der Waals surface area contributed by atoms with Gasteiger partial charge in [0.1, 0.15) is 28.6 Å². The van der Waals surface area contributed by atoms with Crippen LogP contribution >= 0.6 is 0 Å². The van der Waals surface area contributed by atoms with Crippen LogP contribution in [0.4, 0.5) is 11.6 Å². The zero-order valence-corrected chi connectivity index (χ0v) is 22.2. The molecule has 10 heteroatoms. The Labute approximate surface area is 225 Å². The van der Waals surface area contributed by atoms with Crippen molar-refractivity contribution < 1.29 is 28.9 Å². The number of amides is 1. The molecule has 1 unspecified atom stereocenters. The van der Waals surface area contributed by atoms with Crippen LogP contribution in [-0.2, 0) is 9.59 Å². The van der Waals surface area contributed by atoms with E-state index in [1.807, 2.05) is 43.3 Å². The number of benzene rings is 3. The molecule has 1 aliphatic heterocycles. The number of ether oxygens (including phenoxy) is 3. The molecule has 1 saturated heterocycles. The van der Waals surface area contributed by atoms with Crippen molar-refractivity contribution in [3.05, 3.63) is 77.4 Å². The first-order valence-corrected chi connectivity index (χ1v) is 12.1. The number of rotatable bonds is 7. The van der Waals surface area contributed by atoms with Crippen LogP contribution in [0.3, 0.4) is 0 Å². The Morgan fingerprint density at radius 1 is 0.949 bits per heavy atom. The second kappa shape index (κ2) is 10.1. The number of nitrogens with one attached hydrogen (secondary N) is 1. The van der Waals surface area contributed by atoms with Crippen LogP contribution < -0.4 is 24.0 Å². The summed E-state index contributed by atoms with van der Waals surface area (Å²) in [5, 5.41) is 11.6. The number of carbonyl (C=O) groups is 2. The number of ketones is 1. The zero-order valence-electron chi connectivity index (χ0n) is 22.2. The van der Waals surface area contributed by atoms with Gasteiger partial charge in [0.25, 0.3) is 5.78 Å². The summed E-state index contributed by atoms with van der Waals surface area (Å²) in [6.07, 6.45) is 0. The second-order valence-electron chi connectivity index (χ2n) is 9.14. The maximum Gasteiger partial charge on any atom is 0.302 e. The number of nitrogens with zero attached hydrogens (tertiary/aromatic N) is 3. The van der Waals surface area contributed by atoms with Crippen molar-refractivity contribution in [2.45, 2.75) is 6.04 Å². The van der Waals surface area contributed by atoms with E-state index in [1.54, 1.807) is 43.5 Å². The maximum atomic E-state index is 13.6. The van der Waals surface area contributed by atoms with E-state index in [1.165, 1.54) is 19.1 Å². The molecular formula is C29H28N4O6. The van der Waals surface area contributed by atoms with E-state index in [0.29, 0.717) is 22.3 Å². The molecule has 4 aromatic rings. The van der Waals surface area contributed by atoms with Crippen LogP contribution in [-0.4, -0.2) is 62.2 Å². The van der Waals surface area contributed by atoms with Crippen molar-refractivity contribution >= 4 is 40.1 Å². The number of Topliss-reactive ketones (excluding diaryl/α,β-unsaturated/α-hetero) is 1. The Morgan fingerprint density at radius 2 is 1.62 bits per heavy atom. The van der Waals surface area contributed by atoms with Gasteiger partial charge in [-0.05, 0) is 42.0 Å². The van der Waals surface area contributed by atoms with Crippen molar-refractivity contribution in [3.8, 4) is 17.2 Å². The quantitative estimate of drug-likeness (QED) is 0.207. The molecule has 1 amide bonds. The summed E-state index contributed by atoms with van der Waals surface area (Å²) in [5.74, 6) is -0.763. The van der Waals surface area contributed by atoms with Gasteiger partial charge in [0.05, 0.1) is 44.0 Å². The molecule has 0 saturated carbocycles. The second-order valence-corrected chi connectivity index (χ2v) is 9.14. The van der Waals surface area contributed by atoms with Gasteiger partial charge in [0.15, 0.2) is 0 Å². The fourth-order valence-corrected chi connectivity index (χ4v) is 4.76. The first kappa shape index (κ1) is 25.7. The Hall–Kier alpha value is -4.99. The normalized spacial score (nSPS) is 16.5. The molecular weight excluding hydrogens is 500 g/mol. The fourth-order valence-electron chi connectivity index (χ4n) is 4.76. The number of anilines is 2. The number of aliphatic hydroxyl groups is 1. The highest BCUT2D eigenvalue weighted by atomic mass is 16.5. The number of H-pyrrole nitrogens is 1. The minimum atomic E-state index is -0.988. The SMILES string of the molecule is COc1ccc2nc(N3C(=O)C(=O)/C(=C(/O)c4c(OC)cccc4OC)C3c3ccc(N(C)C)cc3)[nH]c2c1. The first-order valence-electron chi connectivity index (χ1n) is 12.1. The van der Waals surface area contributed by atoms with Gasteiger partial charge in [-0.3, -0.25) is 14.5 Å². The number of fused-ring (bicyclic) bond motifs is 1. The lowest BCUT2D eigenvalue weighted by Crippen LogP contribution is -2.30. The summed E-state index contributed by atoms with van der Waals surface area (Å²) in [6, 6.07) is 16.6. The van der Waals surface area contributed by atoms with E-state index in [-0.39, 0.29) is 28.6 Å². The highest BCUT2D eigenvalue weighted by Gasteiger charge is 2.48. The average Bonchev–Trinajstić information content (AvgIpc) is 3.49. The lowest BCUT2D eigenvalue weighted by Gasteiger charge is -2.24. The average molecular weight is 529 g/mol. The topological polar surface area (TPSA) is 117 Å². The van der Waals surface area contributed by atoms with Crippen LogP contribution in [0.25, 0.3) is 16.8 Å². The molecule has 39 heavy (non-hydrogen) atoms. The Balaban J connectivity index is 1.76.